The normalized spacial score (nSPS) is 10.5. The zero-order chi connectivity index (χ0) is 19.6. The van der Waals surface area contributed by atoms with Gasteiger partial charge in [-0.15, -0.1) is 11.3 Å². The number of nitrogens with one attached hydrogen (secondary N) is 1. The highest BCUT2D eigenvalue weighted by atomic mass is 35.5. The maximum absolute atomic E-state index is 12.4. The monoisotopic (exact) mass is 423 g/mol. The number of halogens is 2. The topological polar surface area (TPSA) is 94.4 Å². The molecule has 1 aromatic heterocycles. The number of benzene rings is 2. The number of methoxy groups -OCH3 is 1. The molecule has 10 heteroatoms. The Kier molecular flexibility index (Phi) is 5.59. The second-order valence-electron chi connectivity index (χ2n) is 5.27. The number of ether oxygens (including phenoxy) is 1. The predicted octanol–water partition coefficient (Wildman–Crippen LogP) is 5.29. The summed E-state index contributed by atoms with van der Waals surface area (Å²) in [5.41, 5.74) is 1.31. The Balaban J connectivity index is 1.81. The van der Waals surface area contributed by atoms with Crippen molar-refractivity contribution in [3.05, 3.63) is 67.5 Å². The highest BCUT2D eigenvalue weighted by Crippen LogP contribution is 2.34. The van der Waals surface area contributed by atoms with Gasteiger partial charge in [-0.25, -0.2) is 4.98 Å². The molecule has 3 aromatic rings. The minimum Gasteiger partial charge on any atom is -0.494 e. The van der Waals surface area contributed by atoms with E-state index in [-0.39, 0.29) is 27.0 Å². The molecule has 0 bridgehead atoms. The molecular weight excluding hydrogens is 413 g/mol. The van der Waals surface area contributed by atoms with E-state index < -0.39 is 10.8 Å². The van der Waals surface area contributed by atoms with Crippen molar-refractivity contribution in [2.45, 2.75) is 0 Å². The van der Waals surface area contributed by atoms with E-state index in [0.29, 0.717) is 16.4 Å². The minimum atomic E-state index is -0.476. The second-order valence-corrected chi connectivity index (χ2v) is 6.95. The molecular formula is C17H11Cl2N3O4S. The molecule has 0 fully saturated rings. The number of nitrogens with zero attached hydrogens (tertiary/aromatic N) is 2. The fourth-order valence-corrected chi connectivity index (χ4v) is 3.65. The maximum atomic E-state index is 12.4. The number of carbonyl (C=O) groups excluding carboxylic acids is 1. The molecule has 1 amide bonds. The Morgan fingerprint density at radius 1 is 1.26 bits per heavy atom. The van der Waals surface area contributed by atoms with Gasteiger partial charge in [0.25, 0.3) is 11.6 Å². The maximum Gasteiger partial charge on any atom is 0.270 e. The molecule has 0 aliphatic heterocycles. The molecule has 27 heavy (non-hydrogen) atoms. The molecule has 0 radical (unpaired) electrons. The van der Waals surface area contributed by atoms with Crippen molar-refractivity contribution in [2.75, 3.05) is 12.4 Å². The SMILES string of the molecule is COc1c(Cl)cc(C(=O)Nc2nc(-c3cccc([N+](=O)[O-])c3)cs2)cc1Cl. The lowest BCUT2D eigenvalue weighted by atomic mass is 10.1. The van der Waals surface area contributed by atoms with Gasteiger partial charge in [-0.3, -0.25) is 20.2 Å². The van der Waals surface area contributed by atoms with Gasteiger partial charge in [-0.05, 0) is 12.1 Å². The summed E-state index contributed by atoms with van der Waals surface area (Å²) in [6.07, 6.45) is 0. The predicted molar refractivity (Wildman–Crippen MR) is 105 cm³/mol. The molecule has 0 unspecified atom stereocenters. The molecule has 1 heterocycles. The third-order valence-electron chi connectivity index (χ3n) is 3.54. The van der Waals surface area contributed by atoms with Gasteiger partial charge in [0.15, 0.2) is 10.9 Å². The quantitative estimate of drug-likeness (QED) is 0.444. The van der Waals surface area contributed by atoms with Crippen LogP contribution in [0.4, 0.5) is 10.8 Å². The third-order valence-corrected chi connectivity index (χ3v) is 4.86. The lowest BCUT2D eigenvalue weighted by Crippen LogP contribution is -2.12. The average molecular weight is 424 g/mol. The van der Waals surface area contributed by atoms with Crippen molar-refractivity contribution < 1.29 is 14.5 Å². The number of anilines is 1. The molecule has 0 spiro atoms. The van der Waals surface area contributed by atoms with Crippen molar-refractivity contribution in [2.24, 2.45) is 0 Å². The Morgan fingerprint density at radius 3 is 2.59 bits per heavy atom. The molecule has 0 saturated heterocycles. The first-order valence-electron chi connectivity index (χ1n) is 7.43. The highest BCUT2D eigenvalue weighted by molar-refractivity contribution is 7.14. The summed E-state index contributed by atoms with van der Waals surface area (Å²) in [5.74, 6) is -0.154. The number of aromatic nitrogens is 1. The van der Waals surface area contributed by atoms with E-state index in [1.54, 1.807) is 17.5 Å². The number of carbonyl (C=O) groups is 1. The van der Waals surface area contributed by atoms with Crippen LogP contribution in [0.2, 0.25) is 10.0 Å². The molecule has 0 saturated carbocycles. The van der Waals surface area contributed by atoms with Gasteiger partial charge in [0, 0.05) is 28.6 Å². The van der Waals surface area contributed by atoms with Crippen LogP contribution in [0, 0.1) is 10.1 Å². The number of rotatable bonds is 5. The van der Waals surface area contributed by atoms with Crippen molar-refractivity contribution in [3.63, 3.8) is 0 Å². The Morgan fingerprint density at radius 2 is 1.96 bits per heavy atom. The largest absolute Gasteiger partial charge is 0.494 e. The zero-order valence-corrected chi connectivity index (χ0v) is 16.1. The van der Waals surface area contributed by atoms with Crippen LogP contribution in [0.5, 0.6) is 5.75 Å². The van der Waals surface area contributed by atoms with Crippen LogP contribution in [-0.2, 0) is 0 Å². The number of thiazole rings is 1. The van der Waals surface area contributed by atoms with Crippen LogP contribution in [0.1, 0.15) is 10.4 Å². The lowest BCUT2D eigenvalue weighted by molar-refractivity contribution is -0.384. The Bertz CT molecular complexity index is 1020. The summed E-state index contributed by atoms with van der Waals surface area (Å²) >= 11 is 13.3. The molecule has 138 valence electrons. The average Bonchev–Trinajstić information content (AvgIpc) is 3.10. The van der Waals surface area contributed by atoms with Crippen LogP contribution in [0.15, 0.2) is 41.8 Å². The van der Waals surface area contributed by atoms with Gasteiger partial charge >= 0.3 is 0 Å². The Labute approximate surface area is 167 Å². The summed E-state index contributed by atoms with van der Waals surface area (Å²) in [6.45, 7) is 0. The van der Waals surface area contributed by atoms with Gasteiger partial charge in [0.05, 0.1) is 27.8 Å². The van der Waals surface area contributed by atoms with Gasteiger partial charge < -0.3 is 4.74 Å². The molecule has 2 aromatic carbocycles. The van der Waals surface area contributed by atoms with Gasteiger partial charge in [0.2, 0.25) is 0 Å². The fourth-order valence-electron chi connectivity index (χ4n) is 2.30. The lowest BCUT2D eigenvalue weighted by Gasteiger charge is -2.08. The number of nitro benzene ring substituents is 1. The molecule has 0 aliphatic rings. The molecule has 3 rings (SSSR count). The van der Waals surface area contributed by atoms with Crippen molar-refractivity contribution in [3.8, 4) is 17.0 Å². The summed E-state index contributed by atoms with van der Waals surface area (Å²) in [6, 6.07) is 8.98. The van der Waals surface area contributed by atoms with Crippen LogP contribution < -0.4 is 10.1 Å². The Hall–Kier alpha value is -2.68. The van der Waals surface area contributed by atoms with Gasteiger partial charge in [-0.2, -0.15) is 0 Å². The van der Waals surface area contributed by atoms with Crippen molar-refractivity contribution >= 4 is 51.3 Å². The fraction of sp³-hybridized carbons (Fsp3) is 0.0588. The molecule has 1 N–H and O–H groups in total. The number of non-ortho nitro benzene ring substituents is 1. The molecule has 0 aliphatic carbocycles. The van der Waals surface area contributed by atoms with Crippen LogP contribution in [-0.4, -0.2) is 22.9 Å². The van der Waals surface area contributed by atoms with E-state index in [1.807, 2.05) is 0 Å². The first-order chi connectivity index (χ1) is 12.9. The first kappa shape index (κ1) is 19.1. The van der Waals surface area contributed by atoms with Crippen molar-refractivity contribution in [1.82, 2.24) is 4.98 Å². The van der Waals surface area contributed by atoms with Crippen LogP contribution in [0.3, 0.4) is 0 Å². The third kappa shape index (κ3) is 4.19. The summed E-state index contributed by atoms with van der Waals surface area (Å²) < 4.78 is 5.05. The molecule has 0 atom stereocenters. The van der Waals surface area contributed by atoms with Crippen LogP contribution >= 0.6 is 34.5 Å². The zero-order valence-electron chi connectivity index (χ0n) is 13.7. The van der Waals surface area contributed by atoms with E-state index in [1.165, 1.54) is 42.7 Å². The summed E-state index contributed by atoms with van der Waals surface area (Å²) in [7, 11) is 1.43. The van der Waals surface area contributed by atoms with E-state index in [2.05, 4.69) is 10.3 Å². The smallest absolute Gasteiger partial charge is 0.270 e. The second kappa shape index (κ2) is 7.91. The van der Waals surface area contributed by atoms with Gasteiger partial charge in [0.1, 0.15) is 0 Å². The van der Waals surface area contributed by atoms with E-state index >= 15 is 0 Å². The number of hydrogen-bond acceptors (Lipinski definition) is 6. The van der Waals surface area contributed by atoms with E-state index in [9.17, 15) is 14.9 Å². The number of hydrogen-bond donors (Lipinski definition) is 1. The first-order valence-corrected chi connectivity index (χ1v) is 9.07. The number of amides is 1. The van der Waals surface area contributed by atoms with Crippen molar-refractivity contribution in [1.29, 1.82) is 0 Å². The van der Waals surface area contributed by atoms with E-state index in [4.69, 9.17) is 27.9 Å². The summed E-state index contributed by atoms with van der Waals surface area (Å²) in [5, 5.41) is 16.0. The summed E-state index contributed by atoms with van der Waals surface area (Å²) in [4.78, 5) is 27.1. The molecule has 7 nitrogen and oxygen atoms in total. The number of nitro groups is 1. The standard InChI is InChI=1S/C17H11Cl2N3O4S/c1-26-15-12(18)6-10(7-13(15)19)16(23)21-17-20-14(8-27-17)9-3-2-4-11(5-9)22(24)25/h2-8H,1H3,(H,20,21,23). The van der Waals surface area contributed by atoms with Gasteiger partial charge in [-0.1, -0.05) is 35.3 Å². The van der Waals surface area contributed by atoms with Crippen LogP contribution in [0.25, 0.3) is 11.3 Å². The van der Waals surface area contributed by atoms with E-state index in [0.717, 1.165) is 0 Å². The minimum absolute atomic E-state index is 0.0337. The highest BCUT2D eigenvalue weighted by Gasteiger charge is 2.16.